The number of aryl methyl sites for hydroxylation is 1. The maximum Gasteiger partial charge on any atom is 0.243 e. The van der Waals surface area contributed by atoms with Gasteiger partial charge in [0.05, 0.1) is 24.9 Å². The summed E-state index contributed by atoms with van der Waals surface area (Å²) in [6, 6.07) is 14.9. The minimum atomic E-state index is -0.876. The number of hydrogen-bond acceptors (Lipinski definition) is 5. The third-order valence-electron chi connectivity index (χ3n) is 8.41. The number of nitrogens with one attached hydrogen (secondary N) is 2. The van der Waals surface area contributed by atoms with Gasteiger partial charge in [-0.25, -0.2) is 0 Å². The first kappa shape index (κ1) is 34.2. The number of likely N-dealkylation sites (N-methyl/N-ethyl adjacent to an activating group) is 1. The Morgan fingerprint density at radius 2 is 1.88 bits per heavy atom. The second kappa shape index (κ2) is 17.1. The fourth-order valence-corrected chi connectivity index (χ4v) is 5.86. The van der Waals surface area contributed by atoms with Gasteiger partial charge >= 0.3 is 0 Å². The lowest BCUT2D eigenvalue weighted by atomic mass is 9.98. The van der Waals surface area contributed by atoms with Crippen molar-refractivity contribution in [2.75, 3.05) is 20.2 Å². The van der Waals surface area contributed by atoms with Crippen LogP contribution < -0.4 is 10.6 Å². The zero-order valence-corrected chi connectivity index (χ0v) is 26.4. The summed E-state index contributed by atoms with van der Waals surface area (Å²) in [5, 5.41) is 18.2. The van der Waals surface area contributed by atoms with Crippen LogP contribution in [0.4, 0.5) is 0 Å². The van der Waals surface area contributed by atoms with Crippen molar-refractivity contribution in [1.82, 2.24) is 15.5 Å². The minimum absolute atomic E-state index is 0.00863. The molecule has 6 atom stereocenters. The van der Waals surface area contributed by atoms with E-state index in [0.717, 1.165) is 36.8 Å². The van der Waals surface area contributed by atoms with Crippen molar-refractivity contribution in [1.29, 1.82) is 0 Å². The predicted molar refractivity (Wildman–Crippen MR) is 174 cm³/mol. The van der Waals surface area contributed by atoms with Crippen LogP contribution in [-0.4, -0.2) is 60.2 Å². The molecule has 0 aromatic heterocycles. The number of aliphatic hydroxyl groups excluding tert-OH is 1. The zero-order chi connectivity index (χ0) is 31.4. The predicted octanol–water partition coefficient (Wildman–Crippen LogP) is 5.59. The molecular weight excluding hydrogens is 538 g/mol. The highest BCUT2D eigenvalue weighted by Crippen LogP contribution is 2.41. The van der Waals surface area contributed by atoms with Gasteiger partial charge in [-0.1, -0.05) is 92.9 Å². The number of carbonyl (C=O) groups excluding carboxylic acids is 2. The van der Waals surface area contributed by atoms with Crippen molar-refractivity contribution >= 4 is 11.8 Å². The van der Waals surface area contributed by atoms with Crippen molar-refractivity contribution < 1.29 is 19.4 Å². The summed E-state index contributed by atoms with van der Waals surface area (Å²) in [4.78, 5) is 28.4. The quantitative estimate of drug-likeness (QED) is 0.197. The van der Waals surface area contributed by atoms with Crippen LogP contribution in [0.1, 0.15) is 80.4 Å². The van der Waals surface area contributed by atoms with E-state index in [2.05, 4.69) is 55.8 Å². The molecule has 2 amide bonds. The lowest BCUT2D eigenvalue weighted by molar-refractivity contribution is -0.142. The lowest BCUT2D eigenvalue weighted by Crippen LogP contribution is -2.55. The van der Waals surface area contributed by atoms with Crippen molar-refractivity contribution in [3.63, 3.8) is 0 Å². The van der Waals surface area contributed by atoms with Crippen molar-refractivity contribution in [3.05, 3.63) is 96.1 Å². The van der Waals surface area contributed by atoms with Crippen LogP contribution in [0.15, 0.2) is 73.8 Å². The number of amides is 2. The number of aliphatic hydroxyl groups is 1. The highest BCUT2D eigenvalue weighted by Gasteiger charge is 2.34. The summed E-state index contributed by atoms with van der Waals surface area (Å²) in [5.74, 6) is -0.518. The first-order valence-corrected chi connectivity index (χ1v) is 15.7. The fraction of sp³-hybridized carbons (Fsp3) is 0.500. The van der Waals surface area contributed by atoms with Gasteiger partial charge in [-0.2, -0.15) is 0 Å². The van der Waals surface area contributed by atoms with Crippen LogP contribution in [0, 0.1) is 12.8 Å². The second-order valence-electron chi connectivity index (χ2n) is 11.8. The van der Waals surface area contributed by atoms with E-state index in [1.54, 1.807) is 24.1 Å². The molecule has 0 saturated heterocycles. The summed E-state index contributed by atoms with van der Waals surface area (Å²) >= 11 is 0. The summed E-state index contributed by atoms with van der Waals surface area (Å²) in [6.45, 7) is 14.4. The number of nitrogens with zero attached hydrogens (tertiary/aromatic N) is 1. The Bertz CT molecular complexity index is 1200. The molecule has 0 spiro atoms. The number of rotatable bonds is 18. The lowest BCUT2D eigenvalue weighted by Gasteiger charge is -2.32. The van der Waals surface area contributed by atoms with Crippen molar-refractivity contribution in [3.8, 4) is 0 Å². The number of carbonyl (C=O) groups is 2. The van der Waals surface area contributed by atoms with Gasteiger partial charge in [0.2, 0.25) is 11.8 Å². The molecule has 0 fully saturated rings. The molecule has 1 aliphatic rings. The summed E-state index contributed by atoms with van der Waals surface area (Å²) in [6.07, 6.45) is 6.78. The SMILES string of the molecule is C=CCO[C@@H]1C[C@H](NCC(O)C(Cc2ccccc2)NC(=O)[C@H](CC=C)N(C)C(=O)[C@@H](C)CCCC)c2cc(C)ccc21. The molecule has 234 valence electrons. The molecule has 7 heteroatoms. The normalized spacial score (nSPS) is 18.6. The van der Waals surface area contributed by atoms with Gasteiger partial charge in [-0.15, -0.1) is 13.2 Å². The van der Waals surface area contributed by atoms with Crippen LogP contribution in [0.2, 0.25) is 0 Å². The molecule has 0 aliphatic heterocycles. The third kappa shape index (κ3) is 9.62. The standard InChI is InChI=1S/C36H51N3O4/c1-7-10-15-26(5)36(42)39(6)32(14-8-2)35(41)38-31(22-27-16-12-11-13-17-27)33(40)24-37-30-23-34(43-20-9-3)28-19-18-25(4)21-29(28)30/h8-9,11-13,16-19,21,26,30-34,37,40H,2-3,7,10,14-15,20,22-24H2,1,4-6H3,(H,38,41)/t26-,30-,31?,32-,33?,34+/m0/s1. The number of benzene rings is 2. The fourth-order valence-electron chi connectivity index (χ4n) is 5.86. The Morgan fingerprint density at radius 1 is 1.14 bits per heavy atom. The van der Waals surface area contributed by atoms with Crippen LogP contribution in [0.5, 0.6) is 0 Å². The minimum Gasteiger partial charge on any atom is -0.390 e. The van der Waals surface area contributed by atoms with E-state index >= 15 is 0 Å². The number of ether oxygens (including phenoxy) is 1. The maximum absolute atomic E-state index is 13.7. The molecule has 0 saturated carbocycles. The Balaban J connectivity index is 1.75. The van der Waals surface area contributed by atoms with E-state index in [4.69, 9.17) is 4.74 Å². The first-order valence-electron chi connectivity index (χ1n) is 15.7. The molecule has 0 radical (unpaired) electrons. The van der Waals surface area contributed by atoms with E-state index in [-0.39, 0.29) is 36.4 Å². The van der Waals surface area contributed by atoms with Gasteiger partial charge in [-0.3, -0.25) is 9.59 Å². The summed E-state index contributed by atoms with van der Waals surface area (Å²) < 4.78 is 6.05. The average molecular weight is 590 g/mol. The molecule has 3 rings (SSSR count). The highest BCUT2D eigenvalue weighted by atomic mass is 16.5. The largest absolute Gasteiger partial charge is 0.390 e. The van der Waals surface area contributed by atoms with Crippen LogP contribution in [-0.2, 0) is 20.7 Å². The van der Waals surface area contributed by atoms with Gasteiger partial charge in [0.15, 0.2) is 0 Å². The Kier molecular flexibility index (Phi) is 13.6. The van der Waals surface area contributed by atoms with Crippen LogP contribution in [0.3, 0.4) is 0 Å². The average Bonchev–Trinajstić information content (AvgIpc) is 3.35. The van der Waals surface area contributed by atoms with Crippen molar-refractivity contribution in [2.24, 2.45) is 5.92 Å². The molecule has 43 heavy (non-hydrogen) atoms. The molecule has 0 bridgehead atoms. The van der Waals surface area contributed by atoms with E-state index < -0.39 is 18.2 Å². The third-order valence-corrected chi connectivity index (χ3v) is 8.41. The molecule has 3 N–H and O–H groups in total. The molecule has 7 nitrogen and oxygen atoms in total. The molecule has 2 aromatic rings. The molecule has 2 aromatic carbocycles. The molecular formula is C36H51N3O4. The maximum atomic E-state index is 13.7. The topological polar surface area (TPSA) is 90.9 Å². The van der Waals surface area contributed by atoms with E-state index in [1.165, 1.54) is 11.1 Å². The van der Waals surface area contributed by atoms with Crippen molar-refractivity contribution in [2.45, 2.75) is 89.6 Å². The van der Waals surface area contributed by atoms with Gasteiger partial charge in [-0.05, 0) is 49.3 Å². The summed E-state index contributed by atoms with van der Waals surface area (Å²) in [5.41, 5.74) is 4.50. The number of fused-ring (bicyclic) bond motifs is 1. The molecule has 0 heterocycles. The number of hydrogen-bond donors (Lipinski definition) is 3. The van der Waals surface area contributed by atoms with Gasteiger partial charge < -0.3 is 25.4 Å². The Hall–Kier alpha value is -3.26. The van der Waals surface area contributed by atoms with E-state index in [9.17, 15) is 14.7 Å². The van der Waals surface area contributed by atoms with E-state index in [1.807, 2.05) is 37.3 Å². The van der Waals surface area contributed by atoms with Gasteiger partial charge in [0, 0.05) is 25.6 Å². The summed E-state index contributed by atoms with van der Waals surface area (Å²) in [7, 11) is 1.69. The van der Waals surface area contributed by atoms with E-state index in [0.29, 0.717) is 19.4 Å². The first-order chi connectivity index (χ1) is 20.7. The Labute approximate surface area is 258 Å². The smallest absolute Gasteiger partial charge is 0.243 e. The van der Waals surface area contributed by atoms with Gasteiger partial charge in [0.1, 0.15) is 6.04 Å². The molecule has 2 unspecified atom stereocenters. The van der Waals surface area contributed by atoms with Gasteiger partial charge in [0.25, 0.3) is 0 Å². The second-order valence-corrected chi connectivity index (χ2v) is 11.8. The van der Waals surface area contributed by atoms with Crippen LogP contribution in [0.25, 0.3) is 0 Å². The number of unbranched alkanes of at least 4 members (excludes halogenated alkanes) is 1. The Morgan fingerprint density at radius 3 is 2.56 bits per heavy atom. The highest BCUT2D eigenvalue weighted by molar-refractivity contribution is 5.88. The monoisotopic (exact) mass is 589 g/mol. The van der Waals surface area contributed by atoms with Crippen LogP contribution >= 0.6 is 0 Å². The zero-order valence-electron chi connectivity index (χ0n) is 26.4. The molecule has 1 aliphatic carbocycles.